The van der Waals surface area contributed by atoms with Crippen molar-refractivity contribution in [3.63, 3.8) is 0 Å². The SMILES string of the molecule is C#C.CCC.CNC(=O)c1c(-c2ccc(F)cc2)oc2ccc(C3=CC(C(=O)NCC(N)=O)=CCC3)cc12. The number of hydrogen-bond acceptors (Lipinski definition) is 4. The molecule has 0 saturated heterocycles. The summed E-state index contributed by atoms with van der Waals surface area (Å²) in [5, 5.41) is 5.74. The molecule has 0 aliphatic heterocycles. The second-order valence-corrected chi connectivity index (χ2v) is 8.33. The van der Waals surface area contributed by atoms with E-state index in [-0.39, 0.29) is 24.2 Å². The first-order chi connectivity index (χ1) is 18.3. The first-order valence-corrected chi connectivity index (χ1v) is 12.1. The van der Waals surface area contributed by atoms with Crippen LogP contribution in [0.4, 0.5) is 4.39 Å². The minimum atomic E-state index is -0.618. The van der Waals surface area contributed by atoms with Crippen LogP contribution in [0.15, 0.2) is 64.6 Å². The third kappa shape index (κ3) is 7.20. The molecule has 2 aromatic carbocycles. The van der Waals surface area contributed by atoms with E-state index >= 15 is 0 Å². The quantitative estimate of drug-likeness (QED) is 0.401. The van der Waals surface area contributed by atoms with Gasteiger partial charge in [0.2, 0.25) is 5.91 Å². The lowest BCUT2D eigenvalue weighted by Gasteiger charge is -2.14. The molecule has 0 atom stereocenters. The second-order valence-electron chi connectivity index (χ2n) is 8.33. The number of furan rings is 1. The number of terminal acetylenes is 1. The maximum Gasteiger partial charge on any atom is 0.255 e. The van der Waals surface area contributed by atoms with Crippen molar-refractivity contribution in [2.24, 2.45) is 5.73 Å². The number of allylic oxidation sites excluding steroid dienone is 2. The predicted molar refractivity (Wildman–Crippen MR) is 148 cm³/mol. The third-order valence-corrected chi connectivity index (χ3v) is 5.41. The smallest absolute Gasteiger partial charge is 0.255 e. The molecule has 0 saturated carbocycles. The lowest BCUT2D eigenvalue weighted by atomic mass is 9.92. The van der Waals surface area contributed by atoms with Gasteiger partial charge in [0.25, 0.3) is 11.8 Å². The molecule has 4 rings (SSSR count). The highest BCUT2D eigenvalue weighted by atomic mass is 19.1. The van der Waals surface area contributed by atoms with E-state index < -0.39 is 5.91 Å². The number of rotatable bonds is 6. The summed E-state index contributed by atoms with van der Waals surface area (Å²) < 4.78 is 19.4. The molecule has 7 nitrogen and oxygen atoms in total. The minimum Gasteiger partial charge on any atom is -0.455 e. The van der Waals surface area contributed by atoms with E-state index in [2.05, 4.69) is 37.3 Å². The molecule has 0 unspecified atom stereocenters. The number of benzene rings is 2. The largest absolute Gasteiger partial charge is 0.455 e. The number of primary amides is 1. The van der Waals surface area contributed by atoms with E-state index in [1.54, 1.807) is 30.4 Å². The van der Waals surface area contributed by atoms with Gasteiger partial charge in [0, 0.05) is 23.6 Å². The number of nitrogens with two attached hydrogens (primary N) is 1. The van der Waals surface area contributed by atoms with Crippen LogP contribution in [0.5, 0.6) is 0 Å². The third-order valence-electron chi connectivity index (χ3n) is 5.41. The Morgan fingerprint density at radius 1 is 1.03 bits per heavy atom. The summed E-state index contributed by atoms with van der Waals surface area (Å²) in [6, 6.07) is 11.2. The molecule has 8 heteroatoms. The van der Waals surface area contributed by atoms with Gasteiger partial charge in [-0.2, -0.15) is 0 Å². The predicted octanol–water partition coefficient (Wildman–Crippen LogP) is 4.97. The Hall–Kier alpha value is -4.64. The van der Waals surface area contributed by atoms with E-state index in [4.69, 9.17) is 10.2 Å². The Bertz CT molecular complexity index is 1380. The molecule has 0 spiro atoms. The van der Waals surface area contributed by atoms with Crippen molar-refractivity contribution in [2.45, 2.75) is 33.1 Å². The topological polar surface area (TPSA) is 114 Å². The molecule has 0 bridgehead atoms. The van der Waals surface area contributed by atoms with Gasteiger partial charge in [-0.25, -0.2) is 4.39 Å². The first kappa shape index (κ1) is 29.6. The van der Waals surface area contributed by atoms with Gasteiger partial charge in [-0.3, -0.25) is 14.4 Å². The minimum absolute atomic E-state index is 0.234. The standard InChI is InChI=1S/C25H22FN3O4.C3H8.C2H2/c1-28-25(32)22-19-12-16(15-3-2-4-17(11-15)24(31)29-13-21(27)30)7-10-20(19)33-23(22)14-5-8-18(26)9-6-14;1-3-2;1-2/h4-12H,2-3,13H2,1H3,(H2,27,30)(H,28,32)(H,29,31);3H2,1-2H3;1-2H. The van der Waals surface area contributed by atoms with Crippen molar-refractivity contribution < 1.29 is 23.2 Å². The highest BCUT2D eigenvalue weighted by molar-refractivity contribution is 6.11. The zero-order valence-corrected chi connectivity index (χ0v) is 21.8. The van der Waals surface area contributed by atoms with Gasteiger partial charge in [-0.05, 0) is 66.5 Å². The normalized spacial score (nSPS) is 12.1. The van der Waals surface area contributed by atoms with Gasteiger partial charge in [-0.15, -0.1) is 12.8 Å². The van der Waals surface area contributed by atoms with Crippen molar-refractivity contribution in [3.05, 3.63) is 77.1 Å². The molecule has 4 N–H and O–H groups in total. The number of nitrogens with one attached hydrogen (secondary N) is 2. The summed E-state index contributed by atoms with van der Waals surface area (Å²) in [5.74, 6) is -1.35. The highest BCUT2D eigenvalue weighted by Gasteiger charge is 2.23. The zero-order valence-electron chi connectivity index (χ0n) is 21.8. The molecule has 3 amide bonds. The molecule has 0 radical (unpaired) electrons. The number of amides is 3. The summed E-state index contributed by atoms with van der Waals surface area (Å²) >= 11 is 0. The molecule has 1 aliphatic carbocycles. The van der Waals surface area contributed by atoms with Crippen molar-refractivity contribution >= 4 is 34.3 Å². The van der Waals surface area contributed by atoms with Crippen molar-refractivity contribution in [1.82, 2.24) is 10.6 Å². The van der Waals surface area contributed by atoms with E-state index in [0.29, 0.717) is 46.3 Å². The van der Waals surface area contributed by atoms with Crippen LogP contribution >= 0.6 is 0 Å². The average Bonchev–Trinajstić information content (AvgIpc) is 3.32. The fourth-order valence-corrected chi connectivity index (χ4v) is 3.81. The summed E-state index contributed by atoms with van der Waals surface area (Å²) in [6.45, 7) is 4.02. The van der Waals surface area contributed by atoms with Crippen molar-refractivity contribution in [1.29, 1.82) is 0 Å². The lowest BCUT2D eigenvalue weighted by Crippen LogP contribution is -2.34. The van der Waals surface area contributed by atoms with Crippen LogP contribution in [-0.4, -0.2) is 31.3 Å². The number of halogens is 1. The van der Waals surface area contributed by atoms with Gasteiger partial charge >= 0.3 is 0 Å². The number of fused-ring (bicyclic) bond motifs is 1. The second kappa shape index (κ2) is 14.2. The zero-order chi connectivity index (χ0) is 28.2. The molecule has 198 valence electrons. The van der Waals surface area contributed by atoms with E-state index in [9.17, 15) is 18.8 Å². The van der Waals surface area contributed by atoms with Gasteiger partial charge in [0.1, 0.15) is 17.2 Å². The molecule has 0 fully saturated rings. The Morgan fingerprint density at radius 3 is 2.26 bits per heavy atom. The van der Waals surface area contributed by atoms with Gasteiger partial charge < -0.3 is 20.8 Å². The van der Waals surface area contributed by atoms with Gasteiger partial charge in [0.15, 0.2) is 0 Å². The summed E-state index contributed by atoms with van der Waals surface area (Å²) in [5.41, 5.74) is 8.75. The molecular formula is C30H32FN3O4. The van der Waals surface area contributed by atoms with Gasteiger partial charge in [-0.1, -0.05) is 32.4 Å². The average molecular weight is 518 g/mol. The number of carbonyl (C=O) groups is 3. The maximum atomic E-state index is 13.4. The Labute approximate surface area is 222 Å². The lowest BCUT2D eigenvalue weighted by molar-refractivity contribution is -0.122. The van der Waals surface area contributed by atoms with E-state index in [0.717, 1.165) is 11.1 Å². The van der Waals surface area contributed by atoms with Crippen LogP contribution in [0.2, 0.25) is 0 Å². The molecule has 1 aromatic heterocycles. The van der Waals surface area contributed by atoms with Crippen LogP contribution in [-0.2, 0) is 9.59 Å². The molecule has 1 aliphatic rings. The van der Waals surface area contributed by atoms with Crippen molar-refractivity contribution in [3.8, 4) is 24.2 Å². The summed E-state index contributed by atoms with van der Waals surface area (Å²) in [4.78, 5) is 36.0. The molecular weight excluding hydrogens is 485 g/mol. The highest BCUT2D eigenvalue weighted by Crippen LogP contribution is 2.36. The van der Waals surface area contributed by atoms with E-state index in [1.807, 2.05) is 12.1 Å². The number of carbonyl (C=O) groups excluding carboxylic acids is 3. The Kier molecular flexibility index (Phi) is 11.0. The molecule has 3 aromatic rings. The molecule has 1 heterocycles. The van der Waals surface area contributed by atoms with Crippen LogP contribution in [0.1, 0.15) is 49.0 Å². The molecule has 38 heavy (non-hydrogen) atoms. The van der Waals surface area contributed by atoms with Crippen LogP contribution in [0, 0.1) is 18.7 Å². The Balaban J connectivity index is 0.000000947. The van der Waals surface area contributed by atoms with Crippen molar-refractivity contribution in [2.75, 3.05) is 13.6 Å². The summed E-state index contributed by atoms with van der Waals surface area (Å²) in [6.07, 6.45) is 14.2. The van der Waals surface area contributed by atoms with E-state index in [1.165, 1.54) is 25.6 Å². The van der Waals surface area contributed by atoms with Crippen LogP contribution < -0.4 is 16.4 Å². The first-order valence-electron chi connectivity index (χ1n) is 12.1. The summed E-state index contributed by atoms with van der Waals surface area (Å²) in [7, 11) is 1.53. The van der Waals surface area contributed by atoms with Crippen LogP contribution in [0.25, 0.3) is 27.9 Å². The maximum absolute atomic E-state index is 13.4. The Morgan fingerprint density at radius 2 is 1.66 bits per heavy atom. The van der Waals surface area contributed by atoms with Crippen LogP contribution in [0.3, 0.4) is 0 Å². The van der Waals surface area contributed by atoms with Gasteiger partial charge in [0.05, 0.1) is 12.1 Å². The fourth-order valence-electron chi connectivity index (χ4n) is 3.81. The number of hydrogen-bond donors (Lipinski definition) is 3. The fraction of sp³-hybridized carbons (Fsp3) is 0.233. The monoisotopic (exact) mass is 517 g/mol.